The van der Waals surface area contributed by atoms with Gasteiger partial charge >= 0.3 is 6.03 Å². The van der Waals surface area contributed by atoms with Gasteiger partial charge in [-0.05, 0) is 63.7 Å². The van der Waals surface area contributed by atoms with E-state index in [1.165, 1.54) is 16.7 Å². The van der Waals surface area contributed by atoms with Gasteiger partial charge in [0.2, 0.25) is 5.91 Å². The van der Waals surface area contributed by atoms with Gasteiger partial charge in [0.1, 0.15) is 5.54 Å². The molecular formula is C24H37N5O3S. The maximum absolute atomic E-state index is 13.6. The van der Waals surface area contributed by atoms with Gasteiger partial charge in [-0.15, -0.1) is 0 Å². The van der Waals surface area contributed by atoms with Crippen molar-refractivity contribution in [3.8, 4) is 0 Å². The van der Waals surface area contributed by atoms with Crippen LogP contribution in [-0.2, 0) is 9.59 Å². The highest BCUT2D eigenvalue weighted by Gasteiger charge is 2.55. The third kappa shape index (κ3) is 6.26. The summed E-state index contributed by atoms with van der Waals surface area (Å²) in [6.07, 6.45) is 4.66. The number of nitrogens with zero attached hydrogens (tertiary/aromatic N) is 4. The molecule has 0 spiro atoms. The minimum atomic E-state index is -0.856. The molecule has 1 aromatic rings. The molecule has 33 heavy (non-hydrogen) atoms. The number of imide groups is 1. The van der Waals surface area contributed by atoms with Crippen LogP contribution in [0.2, 0.25) is 0 Å². The van der Waals surface area contributed by atoms with E-state index in [9.17, 15) is 14.4 Å². The average molecular weight is 476 g/mol. The Morgan fingerprint density at radius 3 is 2.61 bits per heavy atom. The summed E-state index contributed by atoms with van der Waals surface area (Å²) in [6, 6.07) is 5.39. The zero-order chi connectivity index (χ0) is 24.0. The van der Waals surface area contributed by atoms with E-state index in [0.717, 1.165) is 11.4 Å². The summed E-state index contributed by atoms with van der Waals surface area (Å²) >= 11 is 1.44. The Morgan fingerprint density at radius 1 is 1.27 bits per heavy atom. The molecule has 2 fully saturated rings. The van der Waals surface area contributed by atoms with Crippen LogP contribution < -0.4 is 5.32 Å². The van der Waals surface area contributed by atoms with Crippen molar-refractivity contribution in [2.75, 3.05) is 46.0 Å². The molecule has 0 bridgehead atoms. The van der Waals surface area contributed by atoms with Crippen LogP contribution in [0.1, 0.15) is 39.5 Å². The molecule has 0 saturated carbocycles. The SMILES string of the molecule is CC(C)CC[C@@]1(C2CCN(C(=O)CSc3ccccn3)CC2)NC(=O)N(CCN(C)C)C1=O. The first kappa shape index (κ1) is 25.5. The summed E-state index contributed by atoms with van der Waals surface area (Å²) in [5.41, 5.74) is -0.856. The van der Waals surface area contributed by atoms with Gasteiger partial charge < -0.3 is 15.1 Å². The standard InChI is InChI=1S/C24H37N5O3S/c1-18(2)8-11-24(22(31)29(23(32)26-24)16-15-27(3)4)19-9-13-28(14-10-19)21(30)17-33-20-7-5-6-12-25-20/h5-7,12,18-19H,8-11,13-17H2,1-4H3,(H,26,32)/t24-/m0/s1. The van der Waals surface area contributed by atoms with E-state index in [1.807, 2.05) is 42.1 Å². The van der Waals surface area contributed by atoms with Crippen molar-refractivity contribution in [3.05, 3.63) is 24.4 Å². The fraction of sp³-hybridized carbons (Fsp3) is 0.667. The monoisotopic (exact) mass is 475 g/mol. The van der Waals surface area contributed by atoms with Crippen molar-refractivity contribution in [2.24, 2.45) is 11.8 Å². The number of pyridine rings is 1. The lowest BCUT2D eigenvalue weighted by Crippen LogP contribution is -2.57. The van der Waals surface area contributed by atoms with E-state index in [2.05, 4.69) is 24.1 Å². The van der Waals surface area contributed by atoms with Crippen molar-refractivity contribution in [2.45, 2.75) is 50.1 Å². The molecule has 3 heterocycles. The zero-order valence-electron chi connectivity index (χ0n) is 20.2. The smallest absolute Gasteiger partial charge is 0.325 e. The van der Waals surface area contributed by atoms with Crippen molar-refractivity contribution in [3.63, 3.8) is 0 Å². The molecule has 2 aliphatic heterocycles. The van der Waals surface area contributed by atoms with Crippen molar-refractivity contribution in [1.82, 2.24) is 25.0 Å². The number of hydrogen-bond acceptors (Lipinski definition) is 6. The van der Waals surface area contributed by atoms with Crippen LogP contribution in [0.25, 0.3) is 0 Å². The number of urea groups is 1. The lowest BCUT2D eigenvalue weighted by molar-refractivity contribution is -0.135. The normalized spacial score (nSPS) is 21.9. The summed E-state index contributed by atoms with van der Waals surface area (Å²) in [5, 5.41) is 3.95. The summed E-state index contributed by atoms with van der Waals surface area (Å²) in [4.78, 5) is 48.6. The van der Waals surface area contributed by atoms with Gasteiger partial charge in [-0.3, -0.25) is 14.5 Å². The number of amides is 4. The third-order valence-electron chi connectivity index (χ3n) is 6.61. The number of hydrogen-bond donors (Lipinski definition) is 1. The van der Waals surface area contributed by atoms with Crippen LogP contribution in [0, 0.1) is 11.8 Å². The minimum absolute atomic E-state index is 0.0320. The Labute approximate surface area is 201 Å². The maximum Gasteiger partial charge on any atom is 0.325 e. The lowest BCUT2D eigenvalue weighted by Gasteiger charge is -2.41. The number of aromatic nitrogens is 1. The molecule has 2 aliphatic rings. The largest absolute Gasteiger partial charge is 0.342 e. The molecule has 0 radical (unpaired) electrons. The van der Waals surface area contributed by atoms with Gasteiger partial charge in [-0.25, -0.2) is 9.78 Å². The first-order valence-electron chi connectivity index (χ1n) is 11.8. The number of rotatable bonds is 10. The fourth-order valence-electron chi connectivity index (χ4n) is 4.60. The van der Waals surface area contributed by atoms with E-state index >= 15 is 0 Å². The Hall–Kier alpha value is -2.13. The molecule has 9 heteroatoms. The number of carbonyl (C=O) groups excluding carboxylic acids is 3. The van der Waals surface area contributed by atoms with Crippen molar-refractivity contribution >= 4 is 29.6 Å². The van der Waals surface area contributed by atoms with Crippen LogP contribution >= 0.6 is 11.8 Å². The highest BCUT2D eigenvalue weighted by Crippen LogP contribution is 2.38. The number of likely N-dealkylation sites (tertiary alicyclic amines) is 1. The number of carbonyl (C=O) groups is 3. The summed E-state index contributed by atoms with van der Waals surface area (Å²) in [7, 11) is 3.87. The highest BCUT2D eigenvalue weighted by atomic mass is 32.2. The molecule has 1 aromatic heterocycles. The summed E-state index contributed by atoms with van der Waals surface area (Å²) in [5.74, 6) is 0.825. The molecule has 3 rings (SSSR count). The van der Waals surface area contributed by atoms with Gasteiger partial charge in [0, 0.05) is 32.4 Å². The molecule has 0 aliphatic carbocycles. The molecule has 182 valence electrons. The second kappa shape index (κ2) is 11.3. The Bertz CT molecular complexity index is 827. The topological polar surface area (TPSA) is 85.8 Å². The predicted octanol–water partition coefficient (Wildman–Crippen LogP) is 2.70. The lowest BCUT2D eigenvalue weighted by atomic mass is 9.74. The van der Waals surface area contributed by atoms with Crippen LogP contribution in [0.5, 0.6) is 0 Å². The van der Waals surface area contributed by atoms with E-state index in [1.54, 1.807) is 6.20 Å². The third-order valence-corrected chi connectivity index (χ3v) is 7.54. The quantitative estimate of drug-likeness (QED) is 0.414. The van der Waals surface area contributed by atoms with E-state index < -0.39 is 5.54 Å². The molecule has 1 N–H and O–H groups in total. The van der Waals surface area contributed by atoms with E-state index in [0.29, 0.717) is 57.1 Å². The molecule has 4 amide bonds. The Balaban J connectivity index is 1.64. The minimum Gasteiger partial charge on any atom is -0.342 e. The maximum atomic E-state index is 13.6. The first-order chi connectivity index (χ1) is 15.7. The molecular weight excluding hydrogens is 438 g/mol. The predicted molar refractivity (Wildman–Crippen MR) is 130 cm³/mol. The number of likely N-dealkylation sites (N-methyl/N-ethyl adjacent to an activating group) is 1. The molecule has 0 unspecified atom stereocenters. The van der Waals surface area contributed by atoms with Gasteiger partial charge in [0.25, 0.3) is 5.91 Å². The van der Waals surface area contributed by atoms with Gasteiger partial charge in [0.15, 0.2) is 0 Å². The highest BCUT2D eigenvalue weighted by molar-refractivity contribution is 7.99. The van der Waals surface area contributed by atoms with Crippen molar-refractivity contribution < 1.29 is 14.4 Å². The van der Waals surface area contributed by atoms with Crippen LogP contribution in [-0.4, -0.2) is 89.1 Å². The molecule has 0 aromatic carbocycles. The van der Waals surface area contributed by atoms with E-state index in [-0.39, 0.29) is 23.8 Å². The Morgan fingerprint density at radius 2 is 2.00 bits per heavy atom. The van der Waals surface area contributed by atoms with Crippen LogP contribution in [0.15, 0.2) is 29.4 Å². The number of piperidine rings is 1. The average Bonchev–Trinajstić information content (AvgIpc) is 3.05. The second-order valence-corrected chi connectivity index (χ2v) is 10.7. The first-order valence-corrected chi connectivity index (χ1v) is 12.8. The molecule has 8 nitrogen and oxygen atoms in total. The van der Waals surface area contributed by atoms with Crippen LogP contribution in [0.4, 0.5) is 4.79 Å². The van der Waals surface area contributed by atoms with Crippen LogP contribution in [0.3, 0.4) is 0 Å². The Kier molecular flexibility index (Phi) is 8.75. The summed E-state index contributed by atoms with van der Waals surface area (Å²) in [6.45, 7) is 6.52. The molecule has 2 saturated heterocycles. The van der Waals surface area contributed by atoms with Crippen molar-refractivity contribution in [1.29, 1.82) is 0 Å². The van der Waals surface area contributed by atoms with E-state index in [4.69, 9.17) is 0 Å². The number of nitrogens with one attached hydrogen (secondary N) is 1. The zero-order valence-corrected chi connectivity index (χ0v) is 21.1. The molecule has 1 atom stereocenters. The van der Waals surface area contributed by atoms with Gasteiger partial charge in [-0.2, -0.15) is 0 Å². The fourth-order valence-corrected chi connectivity index (χ4v) is 5.36. The van der Waals surface area contributed by atoms with Gasteiger partial charge in [-0.1, -0.05) is 31.7 Å². The summed E-state index contributed by atoms with van der Waals surface area (Å²) < 4.78 is 0. The second-order valence-electron chi connectivity index (χ2n) is 9.71. The number of thioether (sulfide) groups is 1. The van der Waals surface area contributed by atoms with Gasteiger partial charge in [0.05, 0.1) is 10.8 Å².